The molecular formula is C22H22FN5O4. The summed E-state index contributed by atoms with van der Waals surface area (Å²) < 4.78 is 13.6. The first kappa shape index (κ1) is 21.4. The van der Waals surface area contributed by atoms with Gasteiger partial charge < -0.3 is 16.4 Å². The van der Waals surface area contributed by atoms with Gasteiger partial charge in [-0.15, -0.1) is 0 Å². The maximum absolute atomic E-state index is 13.6. The minimum atomic E-state index is -1.04. The van der Waals surface area contributed by atoms with Crippen molar-refractivity contribution in [3.05, 3.63) is 97.9 Å². The molecule has 4 unspecified atom stereocenters. The molecule has 9 nitrogen and oxygen atoms in total. The van der Waals surface area contributed by atoms with Crippen LogP contribution in [-0.2, 0) is 0 Å². The normalized spacial score (nSPS) is 24.9. The number of nitro groups is 2. The van der Waals surface area contributed by atoms with Crippen LogP contribution in [0.3, 0.4) is 0 Å². The Bertz CT molecular complexity index is 1120. The summed E-state index contributed by atoms with van der Waals surface area (Å²) in [5, 5.41) is 22.8. The van der Waals surface area contributed by atoms with Gasteiger partial charge in [-0.2, -0.15) is 0 Å². The molecule has 4 rings (SSSR count). The van der Waals surface area contributed by atoms with Gasteiger partial charge in [-0.1, -0.05) is 18.2 Å². The van der Waals surface area contributed by atoms with E-state index in [9.17, 15) is 24.6 Å². The van der Waals surface area contributed by atoms with Crippen LogP contribution in [0.15, 0.2) is 66.3 Å². The van der Waals surface area contributed by atoms with Gasteiger partial charge in [0.1, 0.15) is 11.5 Å². The van der Waals surface area contributed by atoms with Crippen LogP contribution in [0.2, 0.25) is 0 Å². The number of rotatable bonds is 5. The number of benzene rings is 2. The van der Waals surface area contributed by atoms with E-state index in [0.29, 0.717) is 24.1 Å². The van der Waals surface area contributed by atoms with Crippen molar-refractivity contribution < 1.29 is 14.2 Å². The quantitative estimate of drug-likeness (QED) is 0.412. The van der Waals surface area contributed by atoms with Crippen LogP contribution >= 0.6 is 0 Å². The van der Waals surface area contributed by atoms with Crippen molar-refractivity contribution >= 4 is 17.1 Å². The van der Waals surface area contributed by atoms with Gasteiger partial charge in [-0.25, -0.2) is 4.39 Å². The van der Waals surface area contributed by atoms with Gasteiger partial charge in [0.25, 0.3) is 5.69 Å². The van der Waals surface area contributed by atoms with Gasteiger partial charge in [0, 0.05) is 16.7 Å². The van der Waals surface area contributed by atoms with Crippen molar-refractivity contribution in [1.29, 1.82) is 0 Å². The lowest BCUT2D eigenvalue weighted by Gasteiger charge is -2.34. The van der Waals surface area contributed by atoms with E-state index in [-0.39, 0.29) is 29.3 Å². The Labute approximate surface area is 183 Å². The highest BCUT2D eigenvalue weighted by Gasteiger charge is 2.39. The Morgan fingerprint density at radius 2 is 1.72 bits per heavy atom. The predicted octanol–water partition coefficient (Wildman–Crippen LogP) is 3.50. The van der Waals surface area contributed by atoms with Gasteiger partial charge >= 0.3 is 0 Å². The molecule has 2 aromatic rings. The van der Waals surface area contributed by atoms with Crippen molar-refractivity contribution in [2.24, 2.45) is 5.73 Å². The molecule has 0 bridgehead atoms. The number of nitrogen functional groups attached to an aromatic ring is 1. The van der Waals surface area contributed by atoms with E-state index in [4.69, 9.17) is 11.5 Å². The minimum absolute atomic E-state index is 0.0716. The van der Waals surface area contributed by atoms with Crippen molar-refractivity contribution in [3.8, 4) is 0 Å². The molecule has 0 saturated carbocycles. The first-order valence-corrected chi connectivity index (χ1v) is 10.1. The van der Waals surface area contributed by atoms with Gasteiger partial charge in [-0.3, -0.25) is 20.2 Å². The molecule has 0 aromatic heterocycles. The largest absolute Gasteiger partial charge is 0.393 e. The third kappa shape index (κ3) is 3.92. The second-order valence-electron chi connectivity index (χ2n) is 7.95. The van der Waals surface area contributed by atoms with Crippen LogP contribution in [0.25, 0.3) is 0 Å². The van der Waals surface area contributed by atoms with Gasteiger partial charge in [0.05, 0.1) is 23.0 Å². The zero-order chi connectivity index (χ0) is 23.0. The summed E-state index contributed by atoms with van der Waals surface area (Å²) >= 11 is 0. The van der Waals surface area contributed by atoms with Crippen LogP contribution in [0.1, 0.15) is 24.4 Å². The summed E-state index contributed by atoms with van der Waals surface area (Å²) in [6.07, 6.45) is 6.27. The van der Waals surface area contributed by atoms with E-state index < -0.39 is 21.9 Å². The van der Waals surface area contributed by atoms with Gasteiger partial charge in [0.2, 0.25) is 6.04 Å². The van der Waals surface area contributed by atoms with Crippen molar-refractivity contribution in [2.45, 2.75) is 37.0 Å². The summed E-state index contributed by atoms with van der Waals surface area (Å²) in [5.41, 5.74) is 13.7. The summed E-state index contributed by atoms with van der Waals surface area (Å²) in [6, 6.07) is 8.40. The summed E-state index contributed by atoms with van der Waals surface area (Å²) in [4.78, 5) is 23.9. The molecule has 1 heterocycles. The number of anilines is 2. The second-order valence-corrected chi connectivity index (χ2v) is 7.95. The number of nitrogens with zero attached hydrogens (tertiary/aromatic N) is 3. The Balaban J connectivity index is 1.77. The van der Waals surface area contributed by atoms with Gasteiger partial charge in [-0.05, 0) is 60.4 Å². The SMILES string of the molecule is Nc1ccc(C2CCC(C3=CC([N+](=O)[O-])C(N)C=C3)N2c2ccc(F)cc2)cc1[N+](=O)[O-]. The summed E-state index contributed by atoms with van der Waals surface area (Å²) in [5.74, 6) is -0.389. The zero-order valence-corrected chi connectivity index (χ0v) is 17.0. The molecule has 2 aromatic carbocycles. The lowest BCUT2D eigenvalue weighted by molar-refractivity contribution is -0.510. The molecule has 166 valence electrons. The van der Waals surface area contributed by atoms with Crippen molar-refractivity contribution in [2.75, 3.05) is 10.6 Å². The number of hydrogen-bond acceptors (Lipinski definition) is 7. The molecule has 0 radical (unpaired) electrons. The Morgan fingerprint density at radius 1 is 1.03 bits per heavy atom. The van der Waals surface area contributed by atoms with Crippen LogP contribution in [0.4, 0.5) is 21.5 Å². The molecule has 0 spiro atoms. The predicted molar refractivity (Wildman–Crippen MR) is 118 cm³/mol. The Kier molecular flexibility index (Phi) is 5.62. The fraction of sp³-hybridized carbons (Fsp3) is 0.273. The molecule has 2 aliphatic rings. The van der Waals surface area contributed by atoms with Crippen LogP contribution in [0, 0.1) is 26.0 Å². The summed E-state index contributed by atoms with van der Waals surface area (Å²) in [7, 11) is 0. The molecule has 1 saturated heterocycles. The van der Waals surface area contributed by atoms with Crippen LogP contribution in [-0.4, -0.2) is 28.0 Å². The van der Waals surface area contributed by atoms with E-state index in [0.717, 1.165) is 5.57 Å². The average Bonchev–Trinajstić information content (AvgIpc) is 3.19. The third-order valence-electron chi connectivity index (χ3n) is 6.04. The first-order valence-electron chi connectivity index (χ1n) is 10.1. The van der Waals surface area contributed by atoms with E-state index in [1.54, 1.807) is 36.4 Å². The standard InChI is InChI=1S/C22H22FN5O4/c23-15-3-5-16(6-4-15)26-19(13-1-7-17(24)21(11-13)27(29)30)9-10-20(26)14-2-8-18(25)22(12-14)28(31)32/h1-8,11-12,17,19-21H,9-10,24-25H2. The average molecular weight is 439 g/mol. The molecule has 4 N–H and O–H groups in total. The van der Waals surface area contributed by atoms with Crippen molar-refractivity contribution in [3.63, 3.8) is 0 Å². The van der Waals surface area contributed by atoms with Crippen LogP contribution < -0.4 is 16.4 Å². The van der Waals surface area contributed by atoms with E-state index in [1.165, 1.54) is 24.3 Å². The monoisotopic (exact) mass is 439 g/mol. The second kappa shape index (κ2) is 8.39. The summed E-state index contributed by atoms with van der Waals surface area (Å²) in [6.45, 7) is 0. The number of halogens is 1. The van der Waals surface area contributed by atoms with E-state index >= 15 is 0 Å². The van der Waals surface area contributed by atoms with Crippen molar-refractivity contribution in [1.82, 2.24) is 0 Å². The van der Waals surface area contributed by atoms with Gasteiger partial charge in [0.15, 0.2) is 0 Å². The topological polar surface area (TPSA) is 142 Å². The highest BCUT2D eigenvalue weighted by atomic mass is 19.1. The maximum atomic E-state index is 13.6. The molecule has 1 aliphatic heterocycles. The Morgan fingerprint density at radius 3 is 2.38 bits per heavy atom. The third-order valence-corrected chi connectivity index (χ3v) is 6.04. The molecule has 4 atom stereocenters. The lowest BCUT2D eigenvalue weighted by atomic mass is 9.93. The zero-order valence-electron chi connectivity index (χ0n) is 17.0. The molecule has 1 aliphatic carbocycles. The lowest BCUT2D eigenvalue weighted by Crippen LogP contribution is -2.41. The Hall–Kier alpha value is -3.79. The number of hydrogen-bond donors (Lipinski definition) is 2. The minimum Gasteiger partial charge on any atom is -0.393 e. The molecular weight excluding hydrogens is 417 g/mol. The van der Waals surface area contributed by atoms with E-state index in [2.05, 4.69) is 0 Å². The fourth-order valence-corrected chi connectivity index (χ4v) is 4.49. The molecule has 0 amide bonds. The molecule has 10 heteroatoms. The molecule has 32 heavy (non-hydrogen) atoms. The maximum Gasteiger partial charge on any atom is 0.292 e. The smallest absolute Gasteiger partial charge is 0.292 e. The van der Waals surface area contributed by atoms with E-state index in [1.807, 2.05) is 4.90 Å². The highest BCUT2D eigenvalue weighted by molar-refractivity contribution is 5.62. The first-order chi connectivity index (χ1) is 15.3. The molecule has 1 fully saturated rings. The number of nitro benzene ring substituents is 1. The fourth-order valence-electron chi connectivity index (χ4n) is 4.49. The number of nitrogens with two attached hydrogens (primary N) is 2. The van der Waals surface area contributed by atoms with Crippen LogP contribution in [0.5, 0.6) is 0 Å². The highest BCUT2D eigenvalue weighted by Crippen LogP contribution is 2.44.